The van der Waals surface area contributed by atoms with Crippen LogP contribution in [0.15, 0.2) is 53.4 Å². The van der Waals surface area contributed by atoms with Crippen molar-refractivity contribution < 1.29 is 14.0 Å². The van der Waals surface area contributed by atoms with Gasteiger partial charge in [-0.05, 0) is 42.7 Å². The van der Waals surface area contributed by atoms with Gasteiger partial charge in [-0.25, -0.2) is 0 Å². The van der Waals surface area contributed by atoms with Gasteiger partial charge in [0.1, 0.15) is 0 Å². The summed E-state index contributed by atoms with van der Waals surface area (Å²) in [6.07, 6.45) is 8.77. The highest BCUT2D eigenvalue weighted by Crippen LogP contribution is 2.19. The molecular weight excluding hydrogens is 292 g/mol. The second kappa shape index (κ2) is 6.96. The zero-order valence-corrected chi connectivity index (χ0v) is 12.6. The van der Waals surface area contributed by atoms with Gasteiger partial charge in [-0.1, -0.05) is 12.1 Å². The van der Waals surface area contributed by atoms with Crippen LogP contribution in [-0.2, 0) is 16.0 Å². The van der Waals surface area contributed by atoms with Crippen LogP contribution in [0.5, 0.6) is 0 Å². The molecule has 2 N–H and O–H groups in total. The van der Waals surface area contributed by atoms with Crippen molar-refractivity contribution in [2.75, 3.05) is 5.32 Å². The molecule has 1 aliphatic carbocycles. The lowest BCUT2D eigenvalue weighted by Gasteiger charge is -2.05. The second-order valence-corrected chi connectivity index (χ2v) is 5.59. The maximum Gasteiger partial charge on any atom is 0.248 e. The molecule has 118 valence electrons. The number of benzene rings is 1. The normalized spacial score (nSPS) is 13.9. The van der Waals surface area contributed by atoms with Gasteiger partial charge in [-0.15, -0.1) is 0 Å². The Morgan fingerprint density at radius 2 is 1.96 bits per heavy atom. The number of carbonyl (C=O) groups excluding carboxylic acids is 2. The Morgan fingerprint density at radius 3 is 2.61 bits per heavy atom. The minimum absolute atomic E-state index is 0.0485. The number of rotatable bonds is 6. The summed E-state index contributed by atoms with van der Waals surface area (Å²) in [7, 11) is 0. The summed E-state index contributed by atoms with van der Waals surface area (Å²) in [5, 5.41) is 5.72. The van der Waals surface area contributed by atoms with Crippen molar-refractivity contribution in [3.63, 3.8) is 0 Å². The Labute approximate surface area is 134 Å². The molecule has 23 heavy (non-hydrogen) atoms. The van der Waals surface area contributed by atoms with Gasteiger partial charge in [-0.3, -0.25) is 9.59 Å². The highest BCUT2D eigenvalue weighted by molar-refractivity contribution is 6.01. The molecule has 3 rings (SSSR count). The Balaban J connectivity index is 1.50. The Bertz CT molecular complexity index is 698. The van der Waals surface area contributed by atoms with Crippen molar-refractivity contribution in [1.82, 2.24) is 5.32 Å². The van der Waals surface area contributed by atoms with Gasteiger partial charge in [0.15, 0.2) is 0 Å². The van der Waals surface area contributed by atoms with Gasteiger partial charge in [-0.2, -0.15) is 0 Å². The minimum Gasteiger partial charge on any atom is -0.472 e. The van der Waals surface area contributed by atoms with Crippen LogP contribution in [0.2, 0.25) is 0 Å². The molecule has 0 atom stereocenters. The summed E-state index contributed by atoms with van der Waals surface area (Å²) in [5.74, 6) is -0.169. The van der Waals surface area contributed by atoms with Crippen LogP contribution >= 0.6 is 0 Å². The van der Waals surface area contributed by atoms with Crippen LogP contribution in [-0.4, -0.2) is 17.9 Å². The predicted molar refractivity (Wildman–Crippen MR) is 87.7 cm³/mol. The molecule has 1 heterocycles. The number of furan rings is 1. The lowest BCUT2D eigenvalue weighted by molar-refractivity contribution is -0.120. The first-order chi connectivity index (χ1) is 11.2. The molecule has 0 bridgehead atoms. The lowest BCUT2D eigenvalue weighted by Crippen LogP contribution is -2.26. The first-order valence-corrected chi connectivity index (χ1v) is 7.58. The third-order valence-electron chi connectivity index (χ3n) is 3.50. The van der Waals surface area contributed by atoms with Crippen molar-refractivity contribution in [2.24, 2.45) is 0 Å². The van der Waals surface area contributed by atoms with E-state index in [0.29, 0.717) is 18.2 Å². The minimum atomic E-state index is -0.217. The molecule has 2 amide bonds. The van der Waals surface area contributed by atoms with Crippen molar-refractivity contribution >= 4 is 23.6 Å². The molecule has 0 unspecified atom stereocenters. The molecule has 0 radical (unpaired) electrons. The topological polar surface area (TPSA) is 71.3 Å². The third kappa shape index (κ3) is 4.85. The fourth-order valence-corrected chi connectivity index (χ4v) is 2.12. The van der Waals surface area contributed by atoms with Gasteiger partial charge < -0.3 is 15.1 Å². The van der Waals surface area contributed by atoms with Gasteiger partial charge in [0.05, 0.1) is 18.9 Å². The second-order valence-electron chi connectivity index (χ2n) is 5.59. The molecule has 5 heteroatoms. The molecular formula is C18H18N2O3. The Hall–Kier alpha value is -2.82. The maximum absolute atomic E-state index is 11.8. The zero-order chi connectivity index (χ0) is 16.1. The average Bonchev–Trinajstić information content (AvgIpc) is 3.18. The zero-order valence-electron chi connectivity index (χ0n) is 12.6. The van der Waals surface area contributed by atoms with Crippen molar-refractivity contribution in [1.29, 1.82) is 0 Å². The van der Waals surface area contributed by atoms with Crippen LogP contribution in [0.3, 0.4) is 0 Å². The molecule has 0 saturated heterocycles. The number of carbonyl (C=O) groups is 2. The highest BCUT2D eigenvalue weighted by Gasteiger charge is 2.22. The SMILES string of the molecule is O=C(C=Cc1ccoc1)Nc1ccc(CC(=O)NC2CC2)cc1. The highest BCUT2D eigenvalue weighted by atomic mass is 16.3. The molecule has 0 aliphatic heterocycles. The van der Waals surface area contributed by atoms with Crippen LogP contribution in [0.1, 0.15) is 24.0 Å². The first kappa shape index (κ1) is 15.1. The van der Waals surface area contributed by atoms with Crippen LogP contribution in [0.25, 0.3) is 6.08 Å². The van der Waals surface area contributed by atoms with E-state index in [-0.39, 0.29) is 11.8 Å². The maximum atomic E-state index is 11.8. The summed E-state index contributed by atoms with van der Waals surface area (Å²) < 4.78 is 4.92. The predicted octanol–water partition coefficient (Wildman–Crippen LogP) is 2.75. The number of hydrogen-bond acceptors (Lipinski definition) is 3. The van der Waals surface area contributed by atoms with E-state index >= 15 is 0 Å². The van der Waals surface area contributed by atoms with Crippen LogP contribution in [0.4, 0.5) is 5.69 Å². The molecule has 1 aliphatic rings. The molecule has 1 aromatic carbocycles. The van der Waals surface area contributed by atoms with E-state index in [1.54, 1.807) is 36.8 Å². The first-order valence-electron chi connectivity index (χ1n) is 7.58. The largest absolute Gasteiger partial charge is 0.472 e. The monoisotopic (exact) mass is 310 g/mol. The standard InChI is InChI=1S/C18H18N2O3/c21-17(8-3-14-9-10-23-12-14)19-15-4-1-13(2-5-15)11-18(22)20-16-6-7-16/h1-5,8-10,12,16H,6-7,11H2,(H,19,21)(H,20,22). The average molecular weight is 310 g/mol. The van der Waals surface area contributed by atoms with Crippen molar-refractivity contribution in [3.05, 3.63) is 60.1 Å². The van der Waals surface area contributed by atoms with E-state index in [1.807, 2.05) is 12.1 Å². The summed E-state index contributed by atoms with van der Waals surface area (Å²) in [5.41, 5.74) is 2.45. The summed E-state index contributed by atoms with van der Waals surface area (Å²) >= 11 is 0. The van der Waals surface area contributed by atoms with E-state index in [0.717, 1.165) is 24.0 Å². The van der Waals surface area contributed by atoms with Gasteiger partial charge >= 0.3 is 0 Å². The van der Waals surface area contributed by atoms with Crippen molar-refractivity contribution in [3.8, 4) is 0 Å². The van der Waals surface area contributed by atoms with Crippen LogP contribution in [0, 0.1) is 0 Å². The molecule has 2 aromatic rings. The van der Waals surface area contributed by atoms with Gasteiger partial charge in [0, 0.05) is 23.4 Å². The van der Waals surface area contributed by atoms with E-state index in [1.165, 1.54) is 6.08 Å². The molecule has 1 aromatic heterocycles. The third-order valence-corrected chi connectivity index (χ3v) is 3.50. The van der Waals surface area contributed by atoms with Gasteiger partial charge in [0.25, 0.3) is 0 Å². The number of amides is 2. The molecule has 1 fully saturated rings. The number of anilines is 1. The van der Waals surface area contributed by atoms with E-state index in [2.05, 4.69) is 10.6 Å². The van der Waals surface area contributed by atoms with E-state index < -0.39 is 0 Å². The Morgan fingerprint density at radius 1 is 1.17 bits per heavy atom. The summed E-state index contributed by atoms with van der Waals surface area (Å²) in [4.78, 5) is 23.5. The molecule has 5 nitrogen and oxygen atoms in total. The molecule has 1 saturated carbocycles. The number of nitrogens with one attached hydrogen (secondary N) is 2. The van der Waals surface area contributed by atoms with Crippen molar-refractivity contribution in [2.45, 2.75) is 25.3 Å². The van der Waals surface area contributed by atoms with E-state index in [9.17, 15) is 9.59 Å². The summed E-state index contributed by atoms with van der Waals surface area (Å²) in [6, 6.07) is 9.44. The molecule has 0 spiro atoms. The number of hydrogen-bond donors (Lipinski definition) is 2. The van der Waals surface area contributed by atoms with E-state index in [4.69, 9.17) is 4.42 Å². The van der Waals surface area contributed by atoms with Gasteiger partial charge in [0.2, 0.25) is 11.8 Å². The lowest BCUT2D eigenvalue weighted by atomic mass is 10.1. The van der Waals surface area contributed by atoms with Crippen LogP contribution < -0.4 is 10.6 Å². The fraction of sp³-hybridized carbons (Fsp3) is 0.222. The quantitative estimate of drug-likeness (QED) is 0.806. The smallest absolute Gasteiger partial charge is 0.248 e. The Kier molecular flexibility index (Phi) is 4.57. The summed E-state index contributed by atoms with van der Waals surface area (Å²) in [6.45, 7) is 0. The fourth-order valence-electron chi connectivity index (χ4n) is 2.12.